The highest BCUT2D eigenvalue weighted by atomic mass is 35.5. The number of carbonyl (C=O) groups is 1. The molecule has 3 nitrogen and oxygen atoms in total. The Morgan fingerprint density at radius 1 is 1.13 bits per heavy atom. The molecule has 2 aromatic rings. The van der Waals surface area contributed by atoms with Crippen molar-refractivity contribution in [3.63, 3.8) is 0 Å². The number of likely N-dealkylation sites (tertiary alicyclic amines) is 1. The Labute approximate surface area is 141 Å². The molecular weight excluding hydrogens is 345 g/mol. The van der Waals surface area contributed by atoms with Crippen LogP contribution in [0.25, 0.3) is 0 Å². The molecule has 1 aliphatic heterocycles. The van der Waals surface area contributed by atoms with Crippen molar-refractivity contribution in [1.29, 1.82) is 0 Å². The molecule has 1 aromatic carbocycles. The molecule has 7 heteroatoms. The number of nitrogens with zero attached hydrogens (tertiary/aromatic N) is 2. The van der Waals surface area contributed by atoms with Crippen molar-refractivity contribution in [2.24, 2.45) is 5.92 Å². The van der Waals surface area contributed by atoms with Crippen LogP contribution in [0.15, 0.2) is 30.3 Å². The molecule has 1 aliphatic rings. The first-order chi connectivity index (χ1) is 10.9. The predicted molar refractivity (Wildman–Crippen MR) is 83.7 cm³/mol. The lowest BCUT2D eigenvalue weighted by Gasteiger charge is -2.39. The Balaban J connectivity index is 1.60. The van der Waals surface area contributed by atoms with E-state index < -0.39 is 11.6 Å². The lowest BCUT2D eigenvalue weighted by molar-refractivity contribution is 0.0501. The zero-order chi connectivity index (χ0) is 16.6. The van der Waals surface area contributed by atoms with E-state index in [1.165, 1.54) is 18.2 Å². The molecule has 0 atom stereocenters. The topological polar surface area (TPSA) is 33.2 Å². The van der Waals surface area contributed by atoms with Crippen LogP contribution in [0.4, 0.5) is 8.78 Å². The van der Waals surface area contributed by atoms with Crippen LogP contribution in [0.2, 0.25) is 10.3 Å². The maximum atomic E-state index is 13.2. The van der Waals surface area contributed by atoms with E-state index in [1.807, 2.05) is 0 Å². The number of hydrogen-bond acceptors (Lipinski definition) is 2. The highest BCUT2D eigenvalue weighted by Gasteiger charge is 2.31. The summed E-state index contributed by atoms with van der Waals surface area (Å²) < 4.78 is 26.1. The standard InChI is InChI=1S/C16H12Cl2F2N2O/c17-14-5-11(6-15(18)21-14)16(23)22-7-10(8-22)3-9-1-2-12(19)13(20)4-9/h1-2,4-6,10H,3,7-8H2. The molecule has 0 radical (unpaired) electrons. The summed E-state index contributed by atoms with van der Waals surface area (Å²) in [5.74, 6) is -1.66. The maximum absolute atomic E-state index is 13.2. The zero-order valence-corrected chi connectivity index (χ0v) is 13.4. The molecular formula is C16H12Cl2F2N2O. The van der Waals surface area contributed by atoms with E-state index in [0.717, 1.165) is 11.6 Å². The minimum absolute atomic E-state index is 0.166. The Hall–Kier alpha value is -1.72. The van der Waals surface area contributed by atoms with Crippen LogP contribution in [0.1, 0.15) is 15.9 Å². The van der Waals surface area contributed by atoms with Gasteiger partial charge in [-0.25, -0.2) is 13.8 Å². The molecule has 1 saturated heterocycles. The van der Waals surface area contributed by atoms with Gasteiger partial charge >= 0.3 is 0 Å². The van der Waals surface area contributed by atoms with Crippen molar-refractivity contribution in [3.8, 4) is 0 Å². The first-order valence-electron chi connectivity index (χ1n) is 6.98. The van der Waals surface area contributed by atoms with Crippen LogP contribution in [0.3, 0.4) is 0 Å². The summed E-state index contributed by atoms with van der Waals surface area (Å²) in [7, 11) is 0. The van der Waals surface area contributed by atoms with Crippen molar-refractivity contribution < 1.29 is 13.6 Å². The number of benzene rings is 1. The molecule has 1 aromatic heterocycles. The second-order valence-electron chi connectivity index (χ2n) is 5.53. The van der Waals surface area contributed by atoms with Crippen LogP contribution >= 0.6 is 23.2 Å². The highest BCUT2D eigenvalue weighted by molar-refractivity contribution is 6.33. The Morgan fingerprint density at radius 2 is 1.78 bits per heavy atom. The van der Waals surface area contributed by atoms with Gasteiger partial charge in [0.2, 0.25) is 0 Å². The van der Waals surface area contributed by atoms with E-state index in [9.17, 15) is 13.6 Å². The largest absolute Gasteiger partial charge is 0.338 e. The number of rotatable bonds is 3. The first kappa shape index (κ1) is 16.1. The van der Waals surface area contributed by atoms with Crippen LogP contribution in [-0.4, -0.2) is 28.9 Å². The third-order valence-corrected chi connectivity index (χ3v) is 4.15. The van der Waals surface area contributed by atoms with E-state index in [0.29, 0.717) is 25.1 Å². The minimum Gasteiger partial charge on any atom is -0.338 e. The van der Waals surface area contributed by atoms with Crippen molar-refractivity contribution in [2.75, 3.05) is 13.1 Å². The predicted octanol–water partition coefficient (Wildman–Crippen LogP) is 3.98. The number of hydrogen-bond donors (Lipinski definition) is 0. The summed E-state index contributed by atoms with van der Waals surface area (Å²) >= 11 is 11.6. The summed E-state index contributed by atoms with van der Waals surface area (Å²) in [4.78, 5) is 17.8. The maximum Gasteiger partial charge on any atom is 0.254 e. The van der Waals surface area contributed by atoms with E-state index in [1.54, 1.807) is 11.0 Å². The van der Waals surface area contributed by atoms with Crippen molar-refractivity contribution in [2.45, 2.75) is 6.42 Å². The first-order valence-corrected chi connectivity index (χ1v) is 7.74. The quantitative estimate of drug-likeness (QED) is 0.779. The van der Waals surface area contributed by atoms with Crippen LogP contribution < -0.4 is 0 Å². The van der Waals surface area contributed by atoms with Gasteiger partial charge in [0.05, 0.1) is 0 Å². The Kier molecular flexibility index (Phi) is 4.50. The Bertz CT molecular complexity index is 743. The van der Waals surface area contributed by atoms with Gasteiger partial charge in [-0.05, 0) is 42.2 Å². The van der Waals surface area contributed by atoms with Crippen LogP contribution in [0.5, 0.6) is 0 Å². The summed E-state index contributed by atoms with van der Waals surface area (Å²) in [6.07, 6.45) is 0.596. The van der Waals surface area contributed by atoms with Gasteiger partial charge in [-0.1, -0.05) is 29.3 Å². The number of carbonyl (C=O) groups excluding carboxylic acids is 1. The summed E-state index contributed by atoms with van der Waals surface area (Å²) in [6, 6.07) is 6.82. The van der Waals surface area contributed by atoms with Crippen molar-refractivity contribution in [1.82, 2.24) is 9.88 Å². The molecule has 0 bridgehead atoms. The summed E-state index contributed by atoms with van der Waals surface area (Å²) in [5, 5.41) is 0.333. The molecule has 0 N–H and O–H groups in total. The second-order valence-corrected chi connectivity index (χ2v) is 6.30. The molecule has 0 unspecified atom stereocenters. The third kappa shape index (κ3) is 3.62. The van der Waals surface area contributed by atoms with Crippen LogP contribution in [0, 0.1) is 17.6 Å². The van der Waals surface area contributed by atoms with Gasteiger partial charge in [0, 0.05) is 18.7 Å². The van der Waals surface area contributed by atoms with Gasteiger partial charge < -0.3 is 4.90 Å². The molecule has 3 rings (SSSR count). The smallest absolute Gasteiger partial charge is 0.254 e. The van der Waals surface area contributed by atoms with E-state index >= 15 is 0 Å². The number of halogens is 4. The van der Waals surface area contributed by atoms with E-state index in [-0.39, 0.29) is 22.1 Å². The van der Waals surface area contributed by atoms with Gasteiger partial charge in [-0.3, -0.25) is 4.79 Å². The van der Waals surface area contributed by atoms with Gasteiger partial charge in [-0.15, -0.1) is 0 Å². The second kappa shape index (κ2) is 6.42. The van der Waals surface area contributed by atoms with Gasteiger partial charge in [-0.2, -0.15) is 0 Å². The van der Waals surface area contributed by atoms with Crippen molar-refractivity contribution >= 4 is 29.1 Å². The van der Waals surface area contributed by atoms with Crippen LogP contribution in [-0.2, 0) is 6.42 Å². The number of amides is 1. The summed E-state index contributed by atoms with van der Waals surface area (Å²) in [6.45, 7) is 1.10. The molecule has 1 fully saturated rings. The fourth-order valence-electron chi connectivity index (χ4n) is 2.64. The molecule has 0 saturated carbocycles. The molecule has 0 spiro atoms. The molecule has 2 heterocycles. The third-order valence-electron chi connectivity index (χ3n) is 3.76. The fourth-order valence-corrected chi connectivity index (χ4v) is 3.10. The molecule has 1 amide bonds. The Morgan fingerprint density at radius 3 is 2.39 bits per heavy atom. The van der Waals surface area contributed by atoms with E-state index in [2.05, 4.69) is 4.98 Å². The van der Waals surface area contributed by atoms with E-state index in [4.69, 9.17) is 23.2 Å². The molecule has 23 heavy (non-hydrogen) atoms. The number of pyridine rings is 1. The van der Waals surface area contributed by atoms with Gasteiger partial charge in [0.25, 0.3) is 5.91 Å². The summed E-state index contributed by atoms with van der Waals surface area (Å²) in [5.41, 5.74) is 1.11. The SMILES string of the molecule is O=C(c1cc(Cl)nc(Cl)c1)N1CC(Cc2ccc(F)c(F)c2)C1. The molecule has 120 valence electrons. The average molecular weight is 357 g/mol. The highest BCUT2D eigenvalue weighted by Crippen LogP contribution is 2.24. The lowest BCUT2D eigenvalue weighted by Crippen LogP contribution is -2.50. The lowest BCUT2D eigenvalue weighted by atomic mass is 9.91. The van der Waals surface area contributed by atoms with Gasteiger partial charge in [0.1, 0.15) is 10.3 Å². The average Bonchev–Trinajstić information content (AvgIpc) is 2.44. The zero-order valence-electron chi connectivity index (χ0n) is 11.9. The fraction of sp³-hybridized carbons (Fsp3) is 0.250. The van der Waals surface area contributed by atoms with Crippen molar-refractivity contribution in [3.05, 3.63) is 63.4 Å². The minimum atomic E-state index is -0.856. The number of aromatic nitrogens is 1. The monoisotopic (exact) mass is 356 g/mol. The molecule has 0 aliphatic carbocycles. The normalized spacial score (nSPS) is 14.7. The van der Waals surface area contributed by atoms with Gasteiger partial charge in [0.15, 0.2) is 11.6 Å².